The zero-order valence-electron chi connectivity index (χ0n) is 26.8. The molecule has 4 rings (SSSR count). The standard InChI is InChI=1S/C33H52O9/c1-19(2)27(41-30(35)38-7)14-9-20(3)24-12-13-25-23-11-10-21-17-22(40-29(34)37-6)18-28(42-31(36)39-8)33(21,5)26(23)15-16-32(24,25)4/h10,19-20,22-28H,9,11-18H2,1-8H3/t20-,22-,23+,24-,25+,26+,27?,28+,32-,33+/m1/s1. The van der Waals surface area contributed by atoms with Crippen LogP contribution in [0.25, 0.3) is 0 Å². The molecular weight excluding hydrogens is 540 g/mol. The van der Waals surface area contributed by atoms with Crippen LogP contribution in [0.1, 0.15) is 92.4 Å². The lowest BCUT2D eigenvalue weighted by Gasteiger charge is -2.60. The molecule has 0 bridgehead atoms. The van der Waals surface area contributed by atoms with Crippen LogP contribution >= 0.6 is 0 Å². The molecule has 10 atom stereocenters. The lowest BCUT2D eigenvalue weighted by atomic mass is 9.46. The Morgan fingerprint density at radius 1 is 0.881 bits per heavy atom. The third-order valence-corrected chi connectivity index (χ3v) is 11.8. The zero-order valence-corrected chi connectivity index (χ0v) is 26.8. The van der Waals surface area contributed by atoms with Crippen molar-refractivity contribution in [2.24, 2.45) is 46.3 Å². The summed E-state index contributed by atoms with van der Waals surface area (Å²) in [6.07, 6.45) is 7.83. The molecule has 1 unspecified atom stereocenters. The molecule has 3 saturated carbocycles. The first kappa shape index (κ1) is 32.5. The van der Waals surface area contributed by atoms with Crippen molar-refractivity contribution in [1.29, 1.82) is 0 Å². The van der Waals surface area contributed by atoms with Gasteiger partial charge in [-0.1, -0.05) is 46.3 Å². The Kier molecular flexibility index (Phi) is 10.1. The van der Waals surface area contributed by atoms with Crippen LogP contribution in [0.4, 0.5) is 14.4 Å². The molecule has 0 heterocycles. The molecule has 9 nitrogen and oxygen atoms in total. The fraction of sp³-hybridized carbons (Fsp3) is 0.848. The van der Waals surface area contributed by atoms with Crippen LogP contribution in [0.2, 0.25) is 0 Å². The Balaban J connectivity index is 1.52. The maximum absolute atomic E-state index is 12.4. The van der Waals surface area contributed by atoms with Gasteiger partial charge in [0.2, 0.25) is 0 Å². The highest BCUT2D eigenvalue weighted by atomic mass is 16.7. The van der Waals surface area contributed by atoms with Gasteiger partial charge in [-0.3, -0.25) is 0 Å². The van der Waals surface area contributed by atoms with Gasteiger partial charge in [-0.25, -0.2) is 14.4 Å². The molecule has 0 saturated heterocycles. The summed E-state index contributed by atoms with van der Waals surface area (Å²) in [6.45, 7) is 11.3. The summed E-state index contributed by atoms with van der Waals surface area (Å²) < 4.78 is 31.5. The largest absolute Gasteiger partial charge is 0.508 e. The maximum Gasteiger partial charge on any atom is 0.508 e. The minimum atomic E-state index is -0.717. The SMILES string of the molecule is COC(=O)OC(CC[C@@H](C)[C@H]1CC[C@H]2[C@@H]3CC=C4C[C@@H](OC(=O)OC)C[C@H](OC(=O)OC)[C@]4(C)[C@H]3CC[C@]12C)C(C)C. The van der Waals surface area contributed by atoms with E-state index in [4.69, 9.17) is 28.4 Å². The van der Waals surface area contributed by atoms with Gasteiger partial charge in [0.25, 0.3) is 0 Å². The fourth-order valence-corrected chi connectivity index (χ4v) is 9.57. The van der Waals surface area contributed by atoms with Crippen molar-refractivity contribution in [2.75, 3.05) is 21.3 Å². The van der Waals surface area contributed by atoms with E-state index in [2.05, 4.69) is 40.7 Å². The van der Waals surface area contributed by atoms with E-state index in [1.54, 1.807) is 0 Å². The average Bonchev–Trinajstić information content (AvgIpc) is 3.32. The van der Waals surface area contributed by atoms with E-state index < -0.39 is 30.7 Å². The normalized spacial score (nSPS) is 36.7. The number of fused-ring (bicyclic) bond motifs is 5. The number of hydrogen-bond donors (Lipinski definition) is 0. The number of carbonyl (C=O) groups excluding carboxylic acids is 3. The molecule has 0 amide bonds. The van der Waals surface area contributed by atoms with E-state index in [-0.39, 0.29) is 22.9 Å². The van der Waals surface area contributed by atoms with Crippen molar-refractivity contribution >= 4 is 18.5 Å². The molecule has 9 heteroatoms. The molecule has 0 aromatic carbocycles. The highest BCUT2D eigenvalue weighted by Gasteiger charge is 2.62. The molecule has 238 valence electrons. The Bertz CT molecular complexity index is 1020. The van der Waals surface area contributed by atoms with E-state index in [0.717, 1.165) is 32.1 Å². The summed E-state index contributed by atoms with van der Waals surface area (Å²) in [4.78, 5) is 36.1. The highest BCUT2D eigenvalue weighted by molar-refractivity contribution is 5.61. The summed E-state index contributed by atoms with van der Waals surface area (Å²) >= 11 is 0. The Morgan fingerprint density at radius 3 is 2.19 bits per heavy atom. The lowest BCUT2D eigenvalue weighted by Crippen LogP contribution is -2.57. The topological polar surface area (TPSA) is 107 Å². The van der Waals surface area contributed by atoms with Crippen molar-refractivity contribution in [2.45, 2.75) is 111 Å². The molecule has 0 radical (unpaired) electrons. The van der Waals surface area contributed by atoms with Gasteiger partial charge in [-0.2, -0.15) is 0 Å². The van der Waals surface area contributed by atoms with Gasteiger partial charge in [0, 0.05) is 18.3 Å². The van der Waals surface area contributed by atoms with Crippen molar-refractivity contribution in [3.8, 4) is 0 Å². The molecule has 0 aromatic heterocycles. The lowest BCUT2D eigenvalue weighted by molar-refractivity contribution is -0.121. The van der Waals surface area contributed by atoms with Gasteiger partial charge in [0.15, 0.2) is 0 Å². The van der Waals surface area contributed by atoms with Gasteiger partial charge in [-0.15, -0.1) is 0 Å². The minimum absolute atomic E-state index is 0.146. The third kappa shape index (κ3) is 6.12. The minimum Gasteiger partial charge on any atom is -0.438 e. The molecule has 4 aliphatic rings. The fourth-order valence-electron chi connectivity index (χ4n) is 9.57. The zero-order chi connectivity index (χ0) is 30.8. The Labute approximate surface area is 251 Å². The van der Waals surface area contributed by atoms with E-state index >= 15 is 0 Å². The molecule has 0 spiro atoms. The molecule has 42 heavy (non-hydrogen) atoms. The molecular formula is C33H52O9. The first-order valence-corrected chi connectivity index (χ1v) is 15.8. The van der Waals surface area contributed by atoms with Gasteiger partial charge in [0.1, 0.15) is 18.3 Å². The van der Waals surface area contributed by atoms with E-state index in [9.17, 15) is 14.4 Å². The molecule has 4 aliphatic carbocycles. The highest BCUT2D eigenvalue weighted by Crippen LogP contribution is 2.67. The Hall–Kier alpha value is -2.45. The predicted molar refractivity (Wildman–Crippen MR) is 156 cm³/mol. The third-order valence-electron chi connectivity index (χ3n) is 11.8. The maximum atomic E-state index is 12.4. The van der Waals surface area contributed by atoms with Gasteiger partial charge in [-0.05, 0) is 85.9 Å². The molecule has 0 aromatic rings. The Morgan fingerprint density at radius 2 is 1.55 bits per heavy atom. The van der Waals surface area contributed by atoms with E-state index in [0.29, 0.717) is 42.4 Å². The van der Waals surface area contributed by atoms with Gasteiger partial charge in [0.05, 0.1) is 21.3 Å². The van der Waals surface area contributed by atoms with Crippen molar-refractivity contribution in [1.82, 2.24) is 0 Å². The second kappa shape index (κ2) is 13.0. The van der Waals surface area contributed by atoms with E-state index in [1.807, 2.05) is 0 Å². The predicted octanol–water partition coefficient (Wildman–Crippen LogP) is 7.70. The molecule has 3 fully saturated rings. The average molecular weight is 593 g/mol. The van der Waals surface area contributed by atoms with Crippen LogP contribution in [-0.4, -0.2) is 58.1 Å². The van der Waals surface area contributed by atoms with Crippen LogP contribution < -0.4 is 0 Å². The van der Waals surface area contributed by atoms with Crippen LogP contribution in [0.5, 0.6) is 0 Å². The first-order valence-electron chi connectivity index (χ1n) is 15.8. The summed E-state index contributed by atoms with van der Waals surface area (Å²) in [7, 11) is 3.98. The summed E-state index contributed by atoms with van der Waals surface area (Å²) in [5.74, 6) is 2.83. The second-order valence-electron chi connectivity index (χ2n) is 14.0. The summed E-state index contributed by atoms with van der Waals surface area (Å²) in [5, 5.41) is 0. The van der Waals surface area contributed by atoms with Crippen LogP contribution in [0, 0.1) is 46.3 Å². The number of methoxy groups -OCH3 is 3. The quantitative estimate of drug-likeness (QED) is 0.159. The monoisotopic (exact) mass is 592 g/mol. The number of rotatable bonds is 8. The molecule has 0 N–H and O–H groups in total. The number of hydrogen-bond acceptors (Lipinski definition) is 9. The number of carbonyl (C=O) groups is 3. The molecule has 0 aliphatic heterocycles. The van der Waals surface area contributed by atoms with Gasteiger partial charge >= 0.3 is 18.5 Å². The van der Waals surface area contributed by atoms with E-state index in [1.165, 1.54) is 39.7 Å². The number of ether oxygens (including phenoxy) is 6. The van der Waals surface area contributed by atoms with Gasteiger partial charge < -0.3 is 28.4 Å². The second-order valence-corrected chi connectivity index (χ2v) is 14.0. The van der Waals surface area contributed by atoms with Crippen LogP contribution in [0.3, 0.4) is 0 Å². The summed E-state index contributed by atoms with van der Waals surface area (Å²) in [5.41, 5.74) is 1.12. The van der Waals surface area contributed by atoms with Crippen LogP contribution in [0.15, 0.2) is 11.6 Å². The summed E-state index contributed by atoms with van der Waals surface area (Å²) in [6, 6.07) is 0. The smallest absolute Gasteiger partial charge is 0.438 e. The van der Waals surface area contributed by atoms with Crippen LogP contribution in [-0.2, 0) is 28.4 Å². The number of allylic oxidation sites excluding steroid dienone is 1. The van der Waals surface area contributed by atoms with Crippen molar-refractivity contribution < 1.29 is 42.8 Å². The first-order chi connectivity index (χ1) is 19.9. The van der Waals surface area contributed by atoms with Crippen molar-refractivity contribution in [3.63, 3.8) is 0 Å². The van der Waals surface area contributed by atoms with Crippen molar-refractivity contribution in [3.05, 3.63) is 11.6 Å².